The number of hydrogen-bond acceptors (Lipinski definition) is 12. The Hall–Kier alpha value is -3.66. The van der Waals surface area contributed by atoms with Crippen molar-refractivity contribution in [2.75, 3.05) is 13.2 Å². The van der Waals surface area contributed by atoms with Crippen molar-refractivity contribution in [2.24, 2.45) is 11.8 Å². The van der Waals surface area contributed by atoms with Gasteiger partial charge in [0.1, 0.15) is 22.1 Å². The van der Waals surface area contributed by atoms with Crippen LogP contribution in [0.2, 0.25) is 0 Å². The normalized spacial score (nSPS) is 12.6. The molecule has 2 unspecified atom stereocenters. The molecule has 0 N–H and O–H groups in total. The summed E-state index contributed by atoms with van der Waals surface area (Å²) in [7, 11) is 0. The minimum absolute atomic E-state index is 0.205. The van der Waals surface area contributed by atoms with Crippen molar-refractivity contribution in [3.05, 3.63) is 68.9 Å². The Balaban J connectivity index is 1.17. The standard InChI is InChI=1S/C70H96F2N4O2S6/c1-9-15-19-21-23-25-27-29-31-33-41-77-68-60(53-38-37-47(7)79-53)66-67(76-84-75-66)61(69(68)78-42-34-32-30-28-26-24-22-20-16-10-2)54-39-40-55(81-54)70-52(44-50(14-6)36-18-12-4)46-57(82-70)59-63(72)62(71)58(64-65(59)74-83-73-64)56-45-51(48(8)80-56)43-49(13-5)35-17-11-3/h37-40,45-46,49-50H,9-36,41-44H2,1-8H3. The van der Waals surface area contributed by atoms with Crippen molar-refractivity contribution in [3.8, 4) is 63.0 Å². The fraction of sp³-hybridized carbons (Fsp3) is 0.600. The van der Waals surface area contributed by atoms with E-state index in [0.29, 0.717) is 41.0 Å². The van der Waals surface area contributed by atoms with Gasteiger partial charge in [-0.25, -0.2) is 8.78 Å². The molecule has 6 heterocycles. The lowest BCUT2D eigenvalue weighted by atomic mass is 9.91. The van der Waals surface area contributed by atoms with Gasteiger partial charge >= 0.3 is 0 Å². The molecule has 0 aliphatic heterocycles. The second kappa shape index (κ2) is 34.8. The van der Waals surface area contributed by atoms with Crippen molar-refractivity contribution >= 4 is 90.9 Å². The van der Waals surface area contributed by atoms with E-state index in [1.807, 2.05) is 0 Å². The van der Waals surface area contributed by atoms with E-state index in [4.69, 9.17) is 27.0 Å². The number of thiophene rings is 4. The quantitative estimate of drug-likeness (QED) is 0.0356. The van der Waals surface area contributed by atoms with E-state index in [0.717, 1.165) is 151 Å². The van der Waals surface area contributed by atoms with E-state index < -0.39 is 11.6 Å². The van der Waals surface area contributed by atoms with Crippen molar-refractivity contribution in [1.82, 2.24) is 17.5 Å². The fourth-order valence-corrected chi connectivity index (χ4v) is 17.6. The number of ether oxygens (including phenoxy) is 2. The number of aromatic nitrogens is 4. The number of fused-ring (bicyclic) bond motifs is 2. The van der Waals surface area contributed by atoms with Crippen LogP contribution in [0.15, 0.2) is 36.4 Å². The summed E-state index contributed by atoms with van der Waals surface area (Å²) in [6.07, 6.45) is 35.8. The zero-order valence-electron chi connectivity index (χ0n) is 52.1. The van der Waals surface area contributed by atoms with Crippen LogP contribution in [0, 0.1) is 37.3 Å². The Bertz CT molecular complexity index is 3230. The fourth-order valence-electron chi connectivity index (χ4n) is 12.0. The Kier molecular flexibility index (Phi) is 27.4. The van der Waals surface area contributed by atoms with Crippen LogP contribution >= 0.6 is 68.8 Å². The number of hydrogen-bond donors (Lipinski definition) is 0. The third kappa shape index (κ3) is 17.4. The molecule has 0 fully saturated rings. The summed E-state index contributed by atoms with van der Waals surface area (Å²) in [5, 5.41) is 0. The molecule has 8 aromatic rings. The molecule has 458 valence electrons. The number of halogens is 2. The van der Waals surface area contributed by atoms with E-state index >= 15 is 8.78 Å². The van der Waals surface area contributed by atoms with Crippen LogP contribution in [0.1, 0.15) is 242 Å². The lowest BCUT2D eigenvalue weighted by Crippen LogP contribution is -2.06. The number of unbranched alkanes of at least 4 members (excludes halogenated alkanes) is 20. The van der Waals surface area contributed by atoms with Crippen LogP contribution in [0.25, 0.3) is 73.6 Å². The Morgan fingerprint density at radius 3 is 1.25 bits per heavy atom. The summed E-state index contributed by atoms with van der Waals surface area (Å²) in [4.78, 5) is 8.04. The lowest BCUT2D eigenvalue weighted by molar-refractivity contribution is 0.260. The number of rotatable bonds is 41. The molecule has 0 amide bonds. The molecule has 0 aliphatic rings. The summed E-state index contributed by atoms with van der Waals surface area (Å²) in [6, 6.07) is 13.0. The molecule has 14 heteroatoms. The molecular formula is C70H96F2N4O2S6. The number of benzene rings is 2. The predicted molar refractivity (Wildman–Crippen MR) is 365 cm³/mol. The maximum absolute atomic E-state index is 17.4. The number of aryl methyl sites for hydroxylation is 2. The average Bonchev–Trinajstić information content (AvgIpc) is 2.75. The molecule has 0 saturated carbocycles. The third-order valence-electron chi connectivity index (χ3n) is 17.2. The van der Waals surface area contributed by atoms with Crippen LogP contribution in [0.5, 0.6) is 11.5 Å². The highest BCUT2D eigenvalue weighted by Gasteiger charge is 2.32. The van der Waals surface area contributed by atoms with E-state index in [-0.39, 0.29) is 11.1 Å². The average molecular weight is 1260 g/mol. The summed E-state index contributed by atoms with van der Waals surface area (Å²) in [6.45, 7) is 19.0. The maximum Gasteiger partial charge on any atom is 0.172 e. The lowest BCUT2D eigenvalue weighted by Gasteiger charge is -2.20. The first-order valence-corrected chi connectivity index (χ1v) is 37.5. The second-order valence-corrected chi connectivity index (χ2v) is 29.5. The minimum Gasteiger partial charge on any atom is -0.489 e. The van der Waals surface area contributed by atoms with Gasteiger partial charge in [0.15, 0.2) is 23.1 Å². The summed E-state index contributed by atoms with van der Waals surface area (Å²) >= 11 is 8.84. The first-order chi connectivity index (χ1) is 41.1. The molecule has 2 atom stereocenters. The Labute approximate surface area is 527 Å². The van der Waals surface area contributed by atoms with E-state index in [9.17, 15) is 0 Å². The second-order valence-electron chi connectivity index (χ2n) is 23.7. The SMILES string of the molecule is CCCCCCCCCCCCOc1c(OCCCCCCCCCCCC)c(-c2ccc(-c3sc(-c4c(F)c(F)c(-c5cc(CC(CC)CCCC)c(C)s5)c5nsnc45)cc3CC(CC)CCCC)s2)c2nsnc2c1-c1ccc(C)s1. The summed E-state index contributed by atoms with van der Waals surface area (Å²) in [5.41, 5.74) is 7.21. The molecule has 8 rings (SSSR count). The maximum atomic E-state index is 17.4. The van der Waals surface area contributed by atoms with Gasteiger partial charge in [-0.2, -0.15) is 17.5 Å². The van der Waals surface area contributed by atoms with Gasteiger partial charge in [-0.15, -0.1) is 45.3 Å². The Morgan fingerprint density at radius 2 is 0.798 bits per heavy atom. The highest BCUT2D eigenvalue weighted by molar-refractivity contribution is 7.25. The van der Waals surface area contributed by atoms with E-state index in [1.54, 1.807) is 45.3 Å². The monoisotopic (exact) mass is 1250 g/mol. The van der Waals surface area contributed by atoms with Crippen LogP contribution in [-0.2, 0) is 12.8 Å². The minimum atomic E-state index is -0.856. The van der Waals surface area contributed by atoms with Crippen molar-refractivity contribution in [3.63, 3.8) is 0 Å². The Morgan fingerprint density at radius 1 is 0.405 bits per heavy atom. The van der Waals surface area contributed by atoms with Crippen molar-refractivity contribution < 1.29 is 18.3 Å². The van der Waals surface area contributed by atoms with Crippen LogP contribution in [-0.4, -0.2) is 30.7 Å². The molecule has 0 aliphatic carbocycles. The molecule has 84 heavy (non-hydrogen) atoms. The van der Waals surface area contributed by atoms with Gasteiger partial charge in [0.2, 0.25) is 0 Å². The van der Waals surface area contributed by atoms with Crippen molar-refractivity contribution in [2.45, 2.75) is 248 Å². The highest BCUT2D eigenvalue weighted by atomic mass is 32.1. The molecular weight excluding hydrogens is 1160 g/mol. The van der Waals surface area contributed by atoms with Gasteiger partial charge in [0, 0.05) is 39.0 Å². The first-order valence-electron chi connectivity index (χ1n) is 32.7. The van der Waals surface area contributed by atoms with Crippen LogP contribution in [0.3, 0.4) is 0 Å². The van der Waals surface area contributed by atoms with Gasteiger partial charge in [-0.05, 0) is 98.9 Å². The zero-order valence-corrected chi connectivity index (χ0v) is 57.0. The zero-order chi connectivity index (χ0) is 59.2. The molecule has 2 aromatic carbocycles. The van der Waals surface area contributed by atoms with Gasteiger partial charge in [0.25, 0.3) is 0 Å². The highest BCUT2D eigenvalue weighted by Crippen LogP contribution is 2.55. The van der Waals surface area contributed by atoms with Gasteiger partial charge in [-0.1, -0.05) is 208 Å². The largest absolute Gasteiger partial charge is 0.489 e. The van der Waals surface area contributed by atoms with Crippen LogP contribution in [0.4, 0.5) is 8.78 Å². The third-order valence-corrected chi connectivity index (χ3v) is 22.9. The topological polar surface area (TPSA) is 70.0 Å². The van der Waals surface area contributed by atoms with Gasteiger partial charge in [-0.3, -0.25) is 0 Å². The summed E-state index contributed by atoms with van der Waals surface area (Å²) < 4.78 is 68.6. The van der Waals surface area contributed by atoms with Gasteiger partial charge < -0.3 is 9.47 Å². The number of nitrogens with zero attached hydrogens (tertiary/aromatic N) is 4. The van der Waals surface area contributed by atoms with E-state index in [1.165, 1.54) is 144 Å². The summed E-state index contributed by atoms with van der Waals surface area (Å²) in [5.74, 6) is 0.805. The molecule has 0 saturated heterocycles. The molecule has 6 nitrogen and oxygen atoms in total. The van der Waals surface area contributed by atoms with Gasteiger partial charge in [0.05, 0.1) is 58.9 Å². The van der Waals surface area contributed by atoms with Crippen molar-refractivity contribution in [1.29, 1.82) is 0 Å². The molecule has 6 aromatic heterocycles. The molecule has 0 bridgehead atoms. The van der Waals surface area contributed by atoms with E-state index in [2.05, 4.69) is 91.8 Å². The molecule has 0 radical (unpaired) electrons. The smallest absolute Gasteiger partial charge is 0.172 e. The first kappa shape index (κ1) is 66.3. The molecule has 0 spiro atoms. The van der Waals surface area contributed by atoms with Crippen LogP contribution < -0.4 is 9.47 Å². The predicted octanol–water partition coefficient (Wildman–Crippen LogP) is 25.3.